The quantitative estimate of drug-likeness (QED) is 0.574. The lowest BCUT2D eigenvalue weighted by Crippen LogP contribution is -2.58. The van der Waals surface area contributed by atoms with Gasteiger partial charge in [0.1, 0.15) is 11.6 Å². The summed E-state index contributed by atoms with van der Waals surface area (Å²) in [4.78, 5) is 13.3. The van der Waals surface area contributed by atoms with Crippen LogP contribution in [-0.4, -0.2) is 21.8 Å². The summed E-state index contributed by atoms with van der Waals surface area (Å²) in [6.07, 6.45) is 2.25. The van der Waals surface area contributed by atoms with E-state index in [2.05, 4.69) is 5.32 Å². The average molecular weight is 444 g/mol. The summed E-state index contributed by atoms with van der Waals surface area (Å²) in [5, 5.41) is 8.47. The van der Waals surface area contributed by atoms with Crippen LogP contribution in [0.5, 0.6) is 5.75 Å². The van der Waals surface area contributed by atoms with Crippen molar-refractivity contribution in [2.24, 2.45) is 5.10 Å². The number of nitrogens with zero attached hydrogens (tertiary/aromatic N) is 2. The van der Waals surface area contributed by atoms with Gasteiger partial charge in [-0.2, -0.15) is 5.10 Å². The van der Waals surface area contributed by atoms with Crippen LogP contribution in [0.2, 0.25) is 0 Å². The van der Waals surface area contributed by atoms with Gasteiger partial charge in [0.15, 0.2) is 0 Å². The topological polar surface area (TPSA) is 53.9 Å². The van der Waals surface area contributed by atoms with Crippen LogP contribution in [0.25, 0.3) is 6.08 Å². The Balaban J connectivity index is 1.44. The standard InChI is InChI=1S/C25H18FN3O2S/c26-19-12-6-4-10-17(19)14-23-24(30)27-25(32-23)29-21(18-11-5-7-13-22(18)31-25)15-20(28-29)16-8-2-1-3-9-16/h1-14,21H,15H2,(H,27,30)/b23-14-. The second-order valence-electron chi connectivity index (χ2n) is 7.79. The Morgan fingerprint density at radius 1 is 1.06 bits per heavy atom. The van der Waals surface area contributed by atoms with Crippen LogP contribution in [0.4, 0.5) is 4.39 Å². The van der Waals surface area contributed by atoms with E-state index in [1.807, 2.05) is 59.6 Å². The molecule has 3 aliphatic rings. The maximum atomic E-state index is 14.2. The van der Waals surface area contributed by atoms with E-state index in [1.54, 1.807) is 24.3 Å². The van der Waals surface area contributed by atoms with Crippen molar-refractivity contribution in [3.8, 4) is 5.75 Å². The highest BCUT2D eigenvalue weighted by Gasteiger charge is 2.57. The summed E-state index contributed by atoms with van der Waals surface area (Å²) in [7, 11) is 0. The third-order valence-electron chi connectivity index (χ3n) is 5.78. The van der Waals surface area contributed by atoms with E-state index in [4.69, 9.17) is 9.84 Å². The van der Waals surface area contributed by atoms with Gasteiger partial charge in [0.05, 0.1) is 16.7 Å². The van der Waals surface area contributed by atoms with Crippen LogP contribution in [0.3, 0.4) is 0 Å². The molecule has 0 aliphatic carbocycles. The van der Waals surface area contributed by atoms with Crippen molar-refractivity contribution >= 4 is 29.5 Å². The molecular weight excluding hydrogens is 425 g/mol. The number of para-hydroxylation sites is 1. The zero-order valence-corrected chi connectivity index (χ0v) is 17.7. The molecule has 3 aromatic carbocycles. The molecule has 1 fully saturated rings. The monoisotopic (exact) mass is 443 g/mol. The number of carbonyl (C=O) groups is 1. The molecule has 3 heterocycles. The van der Waals surface area contributed by atoms with Crippen molar-refractivity contribution in [1.29, 1.82) is 0 Å². The van der Waals surface area contributed by atoms with Gasteiger partial charge in [-0.3, -0.25) is 10.1 Å². The molecular formula is C25H18FN3O2S. The number of rotatable bonds is 2. The number of hydrogen-bond acceptors (Lipinski definition) is 5. The predicted molar refractivity (Wildman–Crippen MR) is 122 cm³/mol. The molecule has 2 unspecified atom stereocenters. The highest BCUT2D eigenvalue weighted by Crippen LogP contribution is 2.53. The van der Waals surface area contributed by atoms with Crippen molar-refractivity contribution in [3.63, 3.8) is 0 Å². The molecule has 7 heteroatoms. The largest absolute Gasteiger partial charge is 0.439 e. The molecule has 0 bridgehead atoms. The second-order valence-corrected chi connectivity index (χ2v) is 8.98. The van der Waals surface area contributed by atoms with Crippen LogP contribution in [0.15, 0.2) is 88.9 Å². The lowest BCUT2D eigenvalue weighted by Gasteiger charge is -2.43. The summed E-state index contributed by atoms with van der Waals surface area (Å²) in [6.45, 7) is 0. The van der Waals surface area contributed by atoms with Crippen LogP contribution < -0.4 is 10.1 Å². The summed E-state index contributed by atoms with van der Waals surface area (Å²) < 4.78 is 20.6. The molecule has 1 saturated heterocycles. The van der Waals surface area contributed by atoms with Gasteiger partial charge in [-0.15, -0.1) is 0 Å². The van der Waals surface area contributed by atoms with Crippen molar-refractivity contribution in [3.05, 3.63) is 106 Å². The fourth-order valence-electron chi connectivity index (χ4n) is 4.28. The van der Waals surface area contributed by atoms with Gasteiger partial charge in [-0.25, -0.2) is 9.40 Å². The smallest absolute Gasteiger partial charge is 0.336 e. The summed E-state index contributed by atoms with van der Waals surface area (Å²) in [5.74, 6) is 0.00522. The van der Waals surface area contributed by atoms with Crippen LogP contribution in [0, 0.1) is 5.82 Å². The first-order valence-electron chi connectivity index (χ1n) is 10.3. The van der Waals surface area contributed by atoms with E-state index in [0.717, 1.165) is 16.8 Å². The number of benzene rings is 3. The molecule has 0 aromatic heterocycles. The molecule has 158 valence electrons. The number of hydrogen-bond donors (Lipinski definition) is 1. The molecule has 1 spiro atoms. The Labute approximate surface area is 188 Å². The molecule has 3 aliphatic heterocycles. The minimum absolute atomic E-state index is 0.0873. The first-order valence-corrected chi connectivity index (χ1v) is 11.1. The number of hydrazone groups is 1. The van der Waals surface area contributed by atoms with E-state index < -0.39 is 5.18 Å². The minimum atomic E-state index is -1.23. The fraction of sp³-hybridized carbons (Fsp3) is 0.120. The van der Waals surface area contributed by atoms with Gasteiger partial charge in [0.25, 0.3) is 5.91 Å². The number of thioether (sulfide) groups is 1. The molecule has 2 atom stereocenters. The second kappa shape index (κ2) is 7.24. The Morgan fingerprint density at radius 3 is 2.66 bits per heavy atom. The van der Waals surface area contributed by atoms with Crippen LogP contribution in [-0.2, 0) is 4.79 Å². The first-order chi connectivity index (χ1) is 15.6. The lowest BCUT2D eigenvalue weighted by molar-refractivity contribution is -0.127. The van der Waals surface area contributed by atoms with E-state index in [-0.39, 0.29) is 17.8 Å². The van der Waals surface area contributed by atoms with Gasteiger partial charge in [-0.05, 0) is 35.5 Å². The van der Waals surface area contributed by atoms with Crippen molar-refractivity contribution in [2.45, 2.75) is 17.6 Å². The Morgan fingerprint density at radius 2 is 1.81 bits per heavy atom. The zero-order valence-electron chi connectivity index (χ0n) is 16.9. The average Bonchev–Trinajstić information content (AvgIpc) is 3.39. The summed E-state index contributed by atoms with van der Waals surface area (Å²) >= 11 is 1.21. The van der Waals surface area contributed by atoms with Crippen LogP contribution >= 0.6 is 11.8 Å². The Hall–Kier alpha value is -3.58. The molecule has 1 amide bonds. The van der Waals surface area contributed by atoms with Crippen molar-refractivity contribution in [2.75, 3.05) is 0 Å². The highest BCUT2D eigenvalue weighted by atomic mass is 32.2. The van der Waals surface area contributed by atoms with Crippen molar-refractivity contribution < 1.29 is 13.9 Å². The van der Waals surface area contributed by atoms with Gasteiger partial charge >= 0.3 is 5.18 Å². The van der Waals surface area contributed by atoms with E-state index in [0.29, 0.717) is 22.6 Å². The Bertz CT molecular complexity index is 1290. The van der Waals surface area contributed by atoms with Gasteiger partial charge < -0.3 is 4.74 Å². The highest BCUT2D eigenvalue weighted by molar-refractivity contribution is 8.05. The van der Waals surface area contributed by atoms with E-state index in [1.165, 1.54) is 17.8 Å². The third-order valence-corrected chi connectivity index (χ3v) is 6.95. The summed E-state index contributed by atoms with van der Waals surface area (Å²) in [5.41, 5.74) is 3.33. The molecule has 6 rings (SSSR count). The molecule has 1 N–H and O–H groups in total. The molecule has 5 nitrogen and oxygen atoms in total. The number of nitrogens with one attached hydrogen (secondary N) is 1. The number of amides is 1. The van der Waals surface area contributed by atoms with Crippen LogP contribution in [0.1, 0.15) is 29.2 Å². The number of ether oxygens (including phenoxy) is 1. The molecule has 0 saturated carbocycles. The van der Waals surface area contributed by atoms with Crippen molar-refractivity contribution in [1.82, 2.24) is 10.3 Å². The molecule has 0 radical (unpaired) electrons. The van der Waals surface area contributed by atoms with E-state index in [9.17, 15) is 9.18 Å². The molecule has 3 aromatic rings. The first kappa shape index (κ1) is 19.1. The fourth-order valence-corrected chi connectivity index (χ4v) is 5.44. The Kier molecular flexibility index (Phi) is 4.33. The molecule has 32 heavy (non-hydrogen) atoms. The van der Waals surface area contributed by atoms with E-state index >= 15 is 0 Å². The zero-order chi connectivity index (χ0) is 21.7. The lowest BCUT2D eigenvalue weighted by atomic mass is 9.97. The SMILES string of the molecule is O=C1NC2(Oc3ccccc3C3CC(c4ccccc4)=NN32)S/C1=C\c1ccccc1F. The number of fused-ring (bicyclic) bond motifs is 4. The van der Waals surface area contributed by atoms with Gasteiger partial charge in [-0.1, -0.05) is 66.7 Å². The third kappa shape index (κ3) is 3.00. The number of halogens is 1. The maximum absolute atomic E-state index is 14.2. The predicted octanol–water partition coefficient (Wildman–Crippen LogP) is 4.88. The number of carbonyl (C=O) groups excluding carboxylic acids is 1. The van der Waals surface area contributed by atoms with Gasteiger partial charge in [0, 0.05) is 17.5 Å². The summed E-state index contributed by atoms with van der Waals surface area (Å²) in [6, 6.07) is 24.1. The van der Waals surface area contributed by atoms with Gasteiger partial charge in [0.2, 0.25) is 0 Å². The minimum Gasteiger partial charge on any atom is -0.439 e. The maximum Gasteiger partial charge on any atom is 0.336 e. The normalized spacial score (nSPS) is 24.7.